The number of anilines is 3. The highest BCUT2D eigenvalue weighted by atomic mass is 32.1. The summed E-state index contributed by atoms with van der Waals surface area (Å²) in [4.78, 5) is 37.5. The summed E-state index contributed by atoms with van der Waals surface area (Å²) in [6.45, 7) is 18.7. The molecule has 3 atom stereocenters. The van der Waals surface area contributed by atoms with Gasteiger partial charge in [0.2, 0.25) is 0 Å². The van der Waals surface area contributed by atoms with Crippen LogP contribution in [0.4, 0.5) is 21.2 Å². The van der Waals surface area contributed by atoms with Crippen LogP contribution in [0, 0.1) is 5.92 Å². The van der Waals surface area contributed by atoms with Gasteiger partial charge in [0, 0.05) is 37.9 Å². The number of carbonyl (C=O) groups excluding carboxylic acids is 1. The smallest absolute Gasteiger partial charge is 0.405 e. The van der Waals surface area contributed by atoms with Crippen LogP contribution in [-0.4, -0.2) is 67.7 Å². The molecule has 2 amide bonds. The van der Waals surface area contributed by atoms with Gasteiger partial charge in [-0.25, -0.2) is 4.79 Å². The predicted octanol–water partition coefficient (Wildman–Crippen LogP) is 8.17. The van der Waals surface area contributed by atoms with Crippen molar-refractivity contribution in [3.05, 3.63) is 71.7 Å². The minimum Gasteiger partial charge on any atom is -0.497 e. The van der Waals surface area contributed by atoms with E-state index in [-0.39, 0.29) is 28.9 Å². The summed E-state index contributed by atoms with van der Waals surface area (Å²) in [6, 6.07) is 11.3. The molecule has 4 aromatic rings. The molecule has 0 spiro atoms. The zero-order chi connectivity index (χ0) is 36.4. The van der Waals surface area contributed by atoms with E-state index < -0.39 is 20.5 Å². The molecule has 0 unspecified atom stereocenters. The Morgan fingerprint density at radius 1 is 1.12 bits per heavy atom. The minimum absolute atomic E-state index is 0.000342. The molecule has 3 aromatic heterocycles. The molecule has 1 aliphatic rings. The standard InChI is InChI=1S/C37H50N6O5SSi/c1-22(2)25-16-30-32(39-18-25)31(35(49-30)40-17-24-10-12-26(47-7)13-11-24)34(44)41-27-19-38-15-14-29(27)43-20-23(3)33(28(21-43)42-36(45)46)48-50(8,9)37(4,5)6/h10-16,18-19,22-23,28,33,40,42H,17,20-21H2,1-9H3,(H,41,44)(H,45,46)/t23-,28+,33+/m0/s1. The van der Waals surface area contributed by atoms with Crippen molar-refractivity contribution in [3.63, 3.8) is 0 Å². The van der Waals surface area contributed by atoms with E-state index in [1.165, 1.54) is 11.3 Å². The number of piperidine rings is 1. The lowest BCUT2D eigenvalue weighted by Gasteiger charge is -2.48. The number of carbonyl (C=O) groups is 2. The van der Waals surface area contributed by atoms with E-state index in [1.807, 2.05) is 36.5 Å². The van der Waals surface area contributed by atoms with E-state index in [9.17, 15) is 14.7 Å². The number of aromatic nitrogens is 2. The van der Waals surface area contributed by atoms with Crippen molar-refractivity contribution in [3.8, 4) is 5.75 Å². The first kappa shape index (κ1) is 37.1. The van der Waals surface area contributed by atoms with Gasteiger partial charge in [0.05, 0.1) is 47.0 Å². The van der Waals surface area contributed by atoms with Crippen molar-refractivity contribution in [1.82, 2.24) is 15.3 Å². The molecule has 4 heterocycles. The summed E-state index contributed by atoms with van der Waals surface area (Å²) < 4.78 is 13.1. The van der Waals surface area contributed by atoms with Crippen LogP contribution < -0.4 is 25.6 Å². The van der Waals surface area contributed by atoms with Crippen LogP contribution in [0.25, 0.3) is 10.2 Å². The zero-order valence-corrected chi connectivity index (χ0v) is 32.3. The Morgan fingerprint density at radius 3 is 2.48 bits per heavy atom. The number of thiophene rings is 1. The zero-order valence-electron chi connectivity index (χ0n) is 30.5. The lowest BCUT2D eigenvalue weighted by atomic mass is 9.92. The Kier molecular flexibility index (Phi) is 11.1. The second-order valence-electron chi connectivity index (χ2n) is 14.9. The van der Waals surface area contributed by atoms with Crippen molar-refractivity contribution >= 4 is 58.2 Å². The molecular formula is C37H50N6O5SSi. The molecule has 11 nitrogen and oxygen atoms in total. The second-order valence-corrected chi connectivity index (χ2v) is 20.7. The Hall–Kier alpha value is -4.20. The minimum atomic E-state index is -2.20. The number of hydrogen-bond acceptors (Lipinski definition) is 9. The quantitative estimate of drug-likeness (QED) is 0.113. The van der Waals surface area contributed by atoms with Gasteiger partial charge in [-0.15, -0.1) is 11.3 Å². The third-order valence-electron chi connectivity index (χ3n) is 9.87. The van der Waals surface area contributed by atoms with E-state index in [4.69, 9.17) is 14.1 Å². The van der Waals surface area contributed by atoms with E-state index in [0.29, 0.717) is 36.4 Å². The van der Waals surface area contributed by atoms with Gasteiger partial charge in [0.25, 0.3) is 5.91 Å². The summed E-state index contributed by atoms with van der Waals surface area (Å²) in [5.41, 5.74) is 4.51. The van der Waals surface area contributed by atoms with Crippen LogP contribution in [0.2, 0.25) is 18.1 Å². The molecular weight excluding hydrogens is 669 g/mol. The Bertz CT molecular complexity index is 1820. The molecule has 1 aliphatic heterocycles. The number of rotatable bonds is 11. The number of hydrogen-bond donors (Lipinski definition) is 4. The van der Waals surface area contributed by atoms with Gasteiger partial charge in [-0.05, 0) is 59.4 Å². The van der Waals surface area contributed by atoms with E-state index in [1.54, 1.807) is 19.5 Å². The molecule has 0 saturated carbocycles. The molecule has 5 rings (SSSR count). The largest absolute Gasteiger partial charge is 0.497 e. The molecule has 0 aliphatic carbocycles. The maximum atomic E-state index is 14.3. The van der Waals surface area contributed by atoms with Gasteiger partial charge >= 0.3 is 6.09 Å². The van der Waals surface area contributed by atoms with E-state index >= 15 is 0 Å². The summed E-state index contributed by atoms with van der Waals surface area (Å²) in [5.74, 6) is 0.760. The van der Waals surface area contributed by atoms with Crippen molar-refractivity contribution in [2.24, 2.45) is 5.92 Å². The lowest BCUT2D eigenvalue weighted by molar-refractivity contribution is 0.0722. The van der Waals surface area contributed by atoms with Crippen molar-refractivity contribution in [2.75, 3.05) is 35.7 Å². The highest BCUT2D eigenvalue weighted by molar-refractivity contribution is 7.23. The van der Waals surface area contributed by atoms with Crippen molar-refractivity contribution in [1.29, 1.82) is 0 Å². The maximum Gasteiger partial charge on any atom is 0.405 e. The van der Waals surface area contributed by atoms with Gasteiger partial charge < -0.3 is 35.1 Å². The number of ether oxygens (including phenoxy) is 1. The molecule has 0 radical (unpaired) electrons. The average Bonchev–Trinajstić information content (AvgIpc) is 3.42. The first-order valence-electron chi connectivity index (χ1n) is 17.0. The van der Waals surface area contributed by atoms with Gasteiger partial charge in [0.15, 0.2) is 8.32 Å². The molecule has 0 bridgehead atoms. The fourth-order valence-corrected chi connectivity index (χ4v) is 8.51. The van der Waals surface area contributed by atoms with Crippen LogP contribution in [0.3, 0.4) is 0 Å². The summed E-state index contributed by atoms with van der Waals surface area (Å²) in [6.07, 6.45) is 3.78. The number of carboxylic acid groups (broad SMARTS) is 1. The highest BCUT2D eigenvalue weighted by Crippen LogP contribution is 2.41. The fourth-order valence-electron chi connectivity index (χ4n) is 5.98. The Balaban J connectivity index is 1.44. The molecule has 13 heteroatoms. The second kappa shape index (κ2) is 15.0. The number of nitrogens with one attached hydrogen (secondary N) is 3. The topological polar surface area (TPSA) is 138 Å². The van der Waals surface area contributed by atoms with E-state index in [0.717, 1.165) is 32.3 Å². The monoisotopic (exact) mass is 718 g/mol. The van der Waals surface area contributed by atoms with Crippen molar-refractivity contribution in [2.45, 2.75) is 84.3 Å². The number of benzene rings is 1. The number of nitrogens with zero attached hydrogens (tertiary/aromatic N) is 3. The number of fused-ring (bicyclic) bond motifs is 1. The molecule has 50 heavy (non-hydrogen) atoms. The van der Waals surface area contributed by atoms with E-state index in [2.05, 4.69) is 86.5 Å². The Labute approximate surface area is 299 Å². The SMILES string of the molecule is COc1ccc(CNc2sc3cc(C(C)C)cnc3c2C(=O)Nc2cnccc2N2C[C@H](C)[C@@H](O[Si](C)(C)C(C)(C)C)[C@H](NC(=O)O)C2)cc1. The third-order valence-corrected chi connectivity index (χ3v) is 15.4. The number of pyridine rings is 2. The Morgan fingerprint density at radius 2 is 1.84 bits per heavy atom. The van der Waals surface area contributed by atoms with Crippen LogP contribution >= 0.6 is 11.3 Å². The molecule has 1 saturated heterocycles. The van der Waals surface area contributed by atoms with Crippen LogP contribution in [0.1, 0.15) is 68.9 Å². The summed E-state index contributed by atoms with van der Waals surface area (Å²) >= 11 is 1.51. The van der Waals surface area contributed by atoms with Crippen LogP contribution in [-0.2, 0) is 11.0 Å². The lowest BCUT2D eigenvalue weighted by Crippen LogP contribution is -2.62. The van der Waals surface area contributed by atoms with Gasteiger partial charge in [0.1, 0.15) is 16.3 Å². The van der Waals surface area contributed by atoms with Gasteiger partial charge in [-0.2, -0.15) is 0 Å². The molecule has 268 valence electrons. The first-order valence-corrected chi connectivity index (χ1v) is 20.8. The summed E-state index contributed by atoms with van der Waals surface area (Å²) in [5, 5.41) is 19.9. The summed E-state index contributed by atoms with van der Waals surface area (Å²) in [7, 11) is -0.559. The van der Waals surface area contributed by atoms with Gasteiger partial charge in [-0.3, -0.25) is 14.8 Å². The molecule has 4 N–H and O–H groups in total. The fraction of sp³-hybridized carbons (Fsp3) is 0.459. The third kappa shape index (κ3) is 8.22. The highest BCUT2D eigenvalue weighted by Gasteiger charge is 2.45. The molecule has 1 aromatic carbocycles. The van der Waals surface area contributed by atoms with Crippen LogP contribution in [0.15, 0.2) is 55.0 Å². The van der Waals surface area contributed by atoms with Crippen LogP contribution in [0.5, 0.6) is 5.75 Å². The number of amides is 2. The average molecular weight is 719 g/mol. The normalized spacial score (nSPS) is 18.3. The maximum absolute atomic E-state index is 14.3. The van der Waals surface area contributed by atoms with Crippen molar-refractivity contribution < 1.29 is 23.9 Å². The number of methoxy groups -OCH3 is 1. The van der Waals surface area contributed by atoms with Gasteiger partial charge in [-0.1, -0.05) is 53.7 Å². The molecule has 1 fully saturated rings. The predicted molar refractivity (Wildman–Crippen MR) is 205 cm³/mol. The first-order chi connectivity index (χ1) is 23.6.